The van der Waals surface area contributed by atoms with E-state index >= 15 is 0 Å². The molecule has 3 heterocycles. The van der Waals surface area contributed by atoms with Crippen LogP contribution in [0, 0.1) is 5.92 Å². The molecule has 1 saturated heterocycles. The molecule has 0 spiro atoms. The number of hydrogen-bond acceptors (Lipinski definition) is 6. The maximum atomic E-state index is 12.5. The molecule has 1 amide bonds. The first-order chi connectivity index (χ1) is 14.1. The highest BCUT2D eigenvalue weighted by molar-refractivity contribution is 6.35. The van der Waals surface area contributed by atoms with Gasteiger partial charge in [-0.3, -0.25) is 4.79 Å². The third-order valence-electron chi connectivity index (χ3n) is 4.95. The molecule has 0 aliphatic carbocycles. The number of carbonyl (C=O) groups excluding carboxylic acids is 1. The van der Waals surface area contributed by atoms with Crippen LogP contribution in [0.4, 0.5) is 5.82 Å². The Morgan fingerprint density at radius 3 is 2.52 bits per heavy atom. The molecule has 29 heavy (non-hydrogen) atoms. The maximum absolute atomic E-state index is 12.5. The minimum Gasteiger partial charge on any atom is -0.355 e. The number of hydrogen-bond donors (Lipinski definition) is 1. The molecule has 0 atom stereocenters. The van der Waals surface area contributed by atoms with Crippen molar-refractivity contribution in [2.75, 3.05) is 18.0 Å². The third-order valence-corrected chi connectivity index (χ3v) is 5.53. The molecular weight excluding hydrogens is 413 g/mol. The summed E-state index contributed by atoms with van der Waals surface area (Å²) in [4.78, 5) is 18.6. The van der Waals surface area contributed by atoms with E-state index in [0.717, 1.165) is 37.3 Å². The monoisotopic (exact) mass is 431 g/mol. The molecule has 0 bridgehead atoms. The number of nitrogens with zero attached hydrogens (tertiary/aromatic N) is 6. The van der Waals surface area contributed by atoms with Gasteiger partial charge in [0.05, 0.1) is 0 Å². The lowest BCUT2D eigenvalue weighted by molar-refractivity contribution is -0.125. The molecule has 8 nitrogen and oxygen atoms in total. The molecule has 1 N–H and O–H groups in total. The number of rotatable bonds is 5. The smallest absolute Gasteiger partial charge is 0.223 e. The van der Waals surface area contributed by atoms with Crippen molar-refractivity contribution >= 4 is 34.9 Å². The van der Waals surface area contributed by atoms with Crippen molar-refractivity contribution in [2.24, 2.45) is 5.92 Å². The number of aromatic nitrogens is 5. The maximum Gasteiger partial charge on any atom is 0.223 e. The van der Waals surface area contributed by atoms with Crippen LogP contribution in [0.3, 0.4) is 0 Å². The summed E-state index contributed by atoms with van der Waals surface area (Å²) < 4.78 is 1.56. The fourth-order valence-electron chi connectivity index (χ4n) is 3.30. The number of nitrogens with one attached hydrogen (secondary N) is 1. The van der Waals surface area contributed by atoms with Crippen LogP contribution in [0.15, 0.2) is 43.0 Å². The van der Waals surface area contributed by atoms with Crippen molar-refractivity contribution in [3.8, 4) is 5.82 Å². The quantitative estimate of drug-likeness (QED) is 0.667. The van der Waals surface area contributed by atoms with Crippen LogP contribution in [0.5, 0.6) is 0 Å². The van der Waals surface area contributed by atoms with Crippen LogP contribution in [-0.4, -0.2) is 44.0 Å². The molecule has 1 aromatic carbocycles. The van der Waals surface area contributed by atoms with E-state index in [1.165, 1.54) is 6.33 Å². The van der Waals surface area contributed by atoms with Crippen LogP contribution >= 0.6 is 23.2 Å². The van der Waals surface area contributed by atoms with Gasteiger partial charge in [-0.25, -0.2) is 9.67 Å². The Balaban J connectivity index is 1.29. The number of benzene rings is 1. The summed E-state index contributed by atoms with van der Waals surface area (Å²) >= 11 is 12.1. The molecule has 1 aliphatic rings. The molecule has 1 fully saturated rings. The van der Waals surface area contributed by atoms with Gasteiger partial charge in [0.2, 0.25) is 5.91 Å². The Morgan fingerprint density at radius 1 is 1.10 bits per heavy atom. The van der Waals surface area contributed by atoms with E-state index in [4.69, 9.17) is 23.2 Å². The van der Waals surface area contributed by atoms with Crippen molar-refractivity contribution in [3.63, 3.8) is 0 Å². The van der Waals surface area contributed by atoms with Gasteiger partial charge in [0.25, 0.3) is 0 Å². The van der Waals surface area contributed by atoms with Gasteiger partial charge in [0.15, 0.2) is 11.6 Å². The Bertz CT molecular complexity index is 971. The highest BCUT2D eigenvalue weighted by Crippen LogP contribution is 2.23. The molecule has 1 aliphatic heterocycles. The van der Waals surface area contributed by atoms with Gasteiger partial charge in [0.1, 0.15) is 12.7 Å². The van der Waals surface area contributed by atoms with Gasteiger partial charge in [-0.1, -0.05) is 29.3 Å². The zero-order valence-electron chi connectivity index (χ0n) is 15.5. The molecule has 2 aromatic heterocycles. The predicted molar refractivity (Wildman–Crippen MR) is 110 cm³/mol. The molecule has 0 radical (unpaired) electrons. The van der Waals surface area contributed by atoms with Crippen LogP contribution in [0.1, 0.15) is 18.4 Å². The van der Waals surface area contributed by atoms with Gasteiger partial charge >= 0.3 is 0 Å². The lowest BCUT2D eigenvalue weighted by Crippen LogP contribution is -2.40. The van der Waals surface area contributed by atoms with Crippen LogP contribution in [0.2, 0.25) is 10.0 Å². The second-order valence-corrected chi connectivity index (χ2v) is 7.65. The lowest BCUT2D eigenvalue weighted by atomic mass is 9.96. The van der Waals surface area contributed by atoms with Crippen molar-refractivity contribution < 1.29 is 4.79 Å². The number of amides is 1. The predicted octanol–water partition coefficient (Wildman–Crippen LogP) is 2.90. The van der Waals surface area contributed by atoms with E-state index in [9.17, 15) is 4.79 Å². The molecule has 10 heteroatoms. The first-order valence-corrected chi connectivity index (χ1v) is 10.0. The van der Waals surface area contributed by atoms with E-state index < -0.39 is 0 Å². The topological polar surface area (TPSA) is 88.8 Å². The van der Waals surface area contributed by atoms with E-state index in [1.54, 1.807) is 23.1 Å². The first-order valence-electron chi connectivity index (χ1n) is 9.25. The van der Waals surface area contributed by atoms with Gasteiger partial charge in [-0.05, 0) is 42.7 Å². The molecule has 150 valence electrons. The zero-order chi connectivity index (χ0) is 20.2. The highest BCUT2D eigenvalue weighted by Gasteiger charge is 2.25. The van der Waals surface area contributed by atoms with Crippen molar-refractivity contribution in [1.82, 2.24) is 30.3 Å². The lowest BCUT2D eigenvalue weighted by Gasteiger charge is -2.31. The number of piperidine rings is 1. The summed E-state index contributed by atoms with van der Waals surface area (Å²) in [5.41, 5.74) is 0.851. The van der Waals surface area contributed by atoms with Crippen molar-refractivity contribution in [1.29, 1.82) is 0 Å². The Hall–Kier alpha value is -2.71. The normalized spacial score (nSPS) is 14.8. The van der Waals surface area contributed by atoms with Crippen LogP contribution in [0.25, 0.3) is 5.82 Å². The molecule has 0 unspecified atom stereocenters. The highest BCUT2D eigenvalue weighted by atomic mass is 35.5. The summed E-state index contributed by atoms with van der Waals surface area (Å²) in [5.74, 6) is 1.42. The van der Waals surface area contributed by atoms with Crippen LogP contribution in [-0.2, 0) is 11.3 Å². The SMILES string of the molecule is O=C(NCc1ccc(Cl)cc1Cl)C1CCN(c2ccc(-n3cncn3)nn2)CC1. The number of anilines is 1. The Morgan fingerprint density at radius 2 is 1.86 bits per heavy atom. The van der Waals surface area contributed by atoms with E-state index in [1.807, 2.05) is 18.2 Å². The van der Waals surface area contributed by atoms with E-state index in [0.29, 0.717) is 22.4 Å². The van der Waals surface area contributed by atoms with Gasteiger partial charge in [-0.15, -0.1) is 10.2 Å². The largest absolute Gasteiger partial charge is 0.355 e. The van der Waals surface area contributed by atoms with Crippen molar-refractivity contribution in [3.05, 3.63) is 58.6 Å². The zero-order valence-corrected chi connectivity index (χ0v) is 17.0. The van der Waals surface area contributed by atoms with Crippen molar-refractivity contribution in [2.45, 2.75) is 19.4 Å². The Labute approximate surface area is 177 Å². The number of halogens is 2. The summed E-state index contributed by atoms with van der Waals surface area (Å²) in [6, 6.07) is 9.04. The minimum absolute atomic E-state index is 0.0280. The Kier molecular flexibility index (Phi) is 5.92. The average molecular weight is 432 g/mol. The fourth-order valence-corrected chi connectivity index (χ4v) is 3.77. The third kappa shape index (κ3) is 4.65. The summed E-state index contributed by atoms with van der Waals surface area (Å²) in [7, 11) is 0. The van der Waals surface area contributed by atoms with Gasteiger partial charge in [0, 0.05) is 35.6 Å². The van der Waals surface area contributed by atoms with E-state index in [2.05, 4.69) is 30.5 Å². The van der Waals surface area contributed by atoms with E-state index in [-0.39, 0.29) is 11.8 Å². The average Bonchev–Trinajstić information content (AvgIpc) is 3.28. The summed E-state index contributed by atoms with van der Waals surface area (Å²) in [5, 5.41) is 16.6. The molecule has 0 saturated carbocycles. The van der Waals surface area contributed by atoms with Gasteiger partial charge in [-0.2, -0.15) is 5.10 Å². The minimum atomic E-state index is -0.0280. The second-order valence-electron chi connectivity index (χ2n) is 6.80. The summed E-state index contributed by atoms with van der Waals surface area (Å²) in [6.45, 7) is 1.89. The molecule has 3 aromatic rings. The second kappa shape index (κ2) is 8.75. The van der Waals surface area contributed by atoms with Gasteiger partial charge < -0.3 is 10.2 Å². The molecule has 4 rings (SSSR count). The summed E-state index contributed by atoms with van der Waals surface area (Å²) in [6.07, 6.45) is 4.54. The fraction of sp³-hybridized carbons (Fsp3) is 0.316. The first kappa shape index (κ1) is 19.6. The standard InChI is InChI=1S/C19H19Cl2N7O/c20-15-2-1-14(16(21)9-15)10-23-19(29)13-5-7-27(8-6-13)17-3-4-18(26-25-17)28-12-22-11-24-28/h1-4,9,11-13H,5-8,10H2,(H,23,29). The molecular formula is C19H19Cl2N7O. The van der Waals surface area contributed by atoms with Crippen LogP contribution < -0.4 is 10.2 Å². The number of carbonyl (C=O) groups is 1.